The summed E-state index contributed by atoms with van der Waals surface area (Å²) < 4.78 is 1.65. The van der Waals surface area contributed by atoms with E-state index in [1.807, 2.05) is 37.6 Å². The van der Waals surface area contributed by atoms with E-state index in [0.717, 1.165) is 17.0 Å². The molecule has 0 aliphatic carbocycles. The van der Waals surface area contributed by atoms with Crippen LogP contribution in [0.5, 0.6) is 0 Å². The maximum atomic E-state index is 11.7. The summed E-state index contributed by atoms with van der Waals surface area (Å²) in [5.74, 6) is 1.51. The van der Waals surface area contributed by atoms with E-state index < -0.39 is 0 Å². The Labute approximate surface area is 116 Å². The van der Waals surface area contributed by atoms with Crippen molar-refractivity contribution < 1.29 is 4.79 Å². The first-order valence-electron chi connectivity index (χ1n) is 5.94. The Morgan fingerprint density at radius 2 is 2.32 bits per heavy atom. The van der Waals surface area contributed by atoms with Gasteiger partial charge in [0.2, 0.25) is 5.91 Å². The molecule has 0 spiro atoms. The molecule has 19 heavy (non-hydrogen) atoms. The second kappa shape index (κ2) is 6.38. The molecule has 0 unspecified atom stereocenters. The van der Waals surface area contributed by atoms with Crippen molar-refractivity contribution >= 4 is 23.4 Å². The highest BCUT2D eigenvalue weighted by atomic mass is 32.2. The third-order valence-electron chi connectivity index (χ3n) is 2.54. The molecular weight excluding hydrogens is 260 g/mol. The standard InChI is InChI=1S/C13H16N4OS/c1-17-9-14-13(16-17)10-4-3-5-11(8-10)15-12(18)6-7-19-2/h3-5,8-9H,6-7H2,1-2H3,(H,15,18). The van der Waals surface area contributed by atoms with Crippen molar-refractivity contribution in [2.45, 2.75) is 6.42 Å². The van der Waals surface area contributed by atoms with Crippen molar-refractivity contribution in [2.24, 2.45) is 7.05 Å². The van der Waals surface area contributed by atoms with E-state index in [0.29, 0.717) is 12.2 Å². The van der Waals surface area contributed by atoms with Crippen LogP contribution < -0.4 is 5.32 Å². The number of hydrogen-bond acceptors (Lipinski definition) is 4. The predicted octanol–water partition coefficient (Wildman–Crippen LogP) is 2.17. The number of aromatic nitrogens is 3. The zero-order chi connectivity index (χ0) is 13.7. The lowest BCUT2D eigenvalue weighted by Gasteiger charge is -2.05. The van der Waals surface area contributed by atoms with E-state index in [1.165, 1.54) is 0 Å². The highest BCUT2D eigenvalue weighted by Gasteiger charge is 2.06. The van der Waals surface area contributed by atoms with Crippen LogP contribution in [0, 0.1) is 0 Å². The zero-order valence-corrected chi connectivity index (χ0v) is 11.8. The summed E-state index contributed by atoms with van der Waals surface area (Å²) in [5.41, 5.74) is 1.67. The van der Waals surface area contributed by atoms with E-state index in [4.69, 9.17) is 0 Å². The van der Waals surface area contributed by atoms with Crippen LogP contribution in [-0.4, -0.2) is 32.7 Å². The maximum absolute atomic E-state index is 11.7. The molecule has 6 heteroatoms. The van der Waals surface area contributed by atoms with Gasteiger partial charge in [0.05, 0.1) is 0 Å². The minimum atomic E-state index is 0.0282. The first-order valence-corrected chi connectivity index (χ1v) is 7.33. The number of hydrogen-bond donors (Lipinski definition) is 1. The van der Waals surface area contributed by atoms with Gasteiger partial charge in [-0.2, -0.15) is 16.9 Å². The molecule has 1 amide bonds. The number of rotatable bonds is 5. The molecule has 1 heterocycles. The van der Waals surface area contributed by atoms with Crippen molar-refractivity contribution in [3.8, 4) is 11.4 Å². The van der Waals surface area contributed by atoms with Crippen molar-refractivity contribution in [3.63, 3.8) is 0 Å². The number of amides is 1. The van der Waals surface area contributed by atoms with Crippen LogP contribution in [0.15, 0.2) is 30.6 Å². The Morgan fingerprint density at radius 3 is 3.00 bits per heavy atom. The summed E-state index contributed by atoms with van der Waals surface area (Å²) in [7, 11) is 1.82. The monoisotopic (exact) mass is 276 g/mol. The Bertz CT molecular complexity index is 567. The topological polar surface area (TPSA) is 59.8 Å². The molecule has 1 aromatic heterocycles. The zero-order valence-electron chi connectivity index (χ0n) is 11.0. The molecule has 0 saturated carbocycles. The number of aryl methyl sites for hydroxylation is 1. The quantitative estimate of drug-likeness (QED) is 0.909. The Hall–Kier alpha value is -1.82. The van der Waals surface area contributed by atoms with Crippen LogP contribution in [0.3, 0.4) is 0 Å². The predicted molar refractivity (Wildman–Crippen MR) is 78.1 cm³/mol. The number of thioether (sulfide) groups is 1. The molecule has 0 radical (unpaired) electrons. The number of nitrogens with zero attached hydrogens (tertiary/aromatic N) is 3. The van der Waals surface area contributed by atoms with Gasteiger partial charge in [-0.3, -0.25) is 9.48 Å². The van der Waals surface area contributed by atoms with Gasteiger partial charge < -0.3 is 5.32 Å². The summed E-state index contributed by atoms with van der Waals surface area (Å²) in [6.07, 6.45) is 4.16. The summed E-state index contributed by atoms with van der Waals surface area (Å²) in [5, 5.41) is 7.12. The third kappa shape index (κ3) is 3.82. The summed E-state index contributed by atoms with van der Waals surface area (Å²) >= 11 is 1.66. The van der Waals surface area contributed by atoms with Crippen LogP contribution in [0.25, 0.3) is 11.4 Å². The van der Waals surface area contributed by atoms with Gasteiger partial charge in [0.15, 0.2) is 5.82 Å². The van der Waals surface area contributed by atoms with E-state index in [2.05, 4.69) is 15.4 Å². The second-order valence-electron chi connectivity index (χ2n) is 4.11. The molecule has 1 aromatic carbocycles. The van der Waals surface area contributed by atoms with Crippen molar-refractivity contribution in [1.82, 2.24) is 14.8 Å². The van der Waals surface area contributed by atoms with Crippen LogP contribution in [-0.2, 0) is 11.8 Å². The summed E-state index contributed by atoms with van der Waals surface area (Å²) in [6, 6.07) is 7.55. The largest absolute Gasteiger partial charge is 0.326 e. The van der Waals surface area contributed by atoms with Gasteiger partial charge in [-0.25, -0.2) is 4.98 Å². The van der Waals surface area contributed by atoms with Crippen molar-refractivity contribution in [2.75, 3.05) is 17.3 Å². The summed E-state index contributed by atoms with van der Waals surface area (Å²) in [4.78, 5) is 15.9. The molecule has 0 saturated heterocycles. The number of benzene rings is 1. The number of carbonyl (C=O) groups is 1. The smallest absolute Gasteiger partial charge is 0.225 e. The minimum Gasteiger partial charge on any atom is -0.326 e. The second-order valence-corrected chi connectivity index (χ2v) is 5.10. The molecule has 100 valence electrons. The van der Waals surface area contributed by atoms with Crippen LogP contribution >= 0.6 is 11.8 Å². The van der Waals surface area contributed by atoms with Gasteiger partial charge in [0.25, 0.3) is 0 Å². The molecule has 0 atom stereocenters. The minimum absolute atomic E-state index is 0.0282. The first-order chi connectivity index (χ1) is 9.19. The molecule has 5 nitrogen and oxygen atoms in total. The fraction of sp³-hybridized carbons (Fsp3) is 0.308. The van der Waals surface area contributed by atoms with E-state index in [9.17, 15) is 4.79 Å². The lowest BCUT2D eigenvalue weighted by atomic mass is 10.2. The normalized spacial score (nSPS) is 10.4. The van der Waals surface area contributed by atoms with E-state index in [-0.39, 0.29) is 5.91 Å². The van der Waals surface area contributed by atoms with Crippen LogP contribution in [0.2, 0.25) is 0 Å². The molecule has 0 aliphatic rings. The SMILES string of the molecule is CSCCC(=O)Nc1cccc(-c2ncn(C)n2)c1. The van der Waals surface area contributed by atoms with Gasteiger partial charge in [0, 0.05) is 30.5 Å². The maximum Gasteiger partial charge on any atom is 0.225 e. The lowest BCUT2D eigenvalue weighted by molar-refractivity contribution is -0.115. The number of carbonyl (C=O) groups excluding carboxylic acids is 1. The Morgan fingerprint density at radius 1 is 1.47 bits per heavy atom. The highest BCUT2D eigenvalue weighted by Crippen LogP contribution is 2.19. The average molecular weight is 276 g/mol. The molecule has 2 rings (SSSR count). The highest BCUT2D eigenvalue weighted by molar-refractivity contribution is 7.98. The Balaban J connectivity index is 2.09. The molecule has 2 aromatic rings. The molecule has 1 N–H and O–H groups in total. The molecule has 0 bridgehead atoms. The third-order valence-corrected chi connectivity index (χ3v) is 3.15. The lowest BCUT2D eigenvalue weighted by Crippen LogP contribution is -2.12. The van der Waals surface area contributed by atoms with Gasteiger partial charge in [-0.1, -0.05) is 12.1 Å². The van der Waals surface area contributed by atoms with Gasteiger partial charge >= 0.3 is 0 Å². The van der Waals surface area contributed by atoms with Crippen molar-refractivity contribution in [1.29, 1.82) is 0 Å². The van der Waals surface area contributed by atoms with E-state index in [1.54, 1.807) is 22.8 Å². The number of anilines is 1. The van der Waals surface area contributed by atoms with Gasteiger partial charge in [0.1, 0.15) is 6.33 Å². The fourth-order valence-electron chi connectivity index (χ4n) is 1.63. The Kier molecular flexibility index (Phi) is 4.57. The number of nitrogens with one attached hydrogen (secondary N) is 1. The van der Waals surface area contributed by atoms with E-state index >= 15 is 0 Å². The molecular formula is C13H16N4OS. The van der Waals surface area contributed by atoms with Crippen LogP contribution in [0.4, 0.5) is 5.69 Å². The average Bonchev–Trinajstić information content (AvgIpc) is 2.83. The molecule has 0 aliphatic heterocycles. The first kappa shape index (κ1) is 13.6. The van der Waals surface area contributed by atoms with Gasteiger partial charge in [-0.15, -0.1) is 0 Å². The molecule has 0 fully saturated rings. The fourth-order valence-corrected chi connectivity index (χ4v) is 2.02. The van der Waals surface area contributed by atoms with Crippen LogP contribution in [0.1, 0.15) is 6.42 Å². The van der Waals surface area contributed by atoms with Crippen molar-refractivity contribution in [3.05, 3.63) is 30.6 Å². The van der Waals surface area contributed by atoms with Gasteiger partial charge in [-0.05, 0) is 18.4 Å². The summed E-state index contributed by atoms with van der Waals surface area (Å²) in [6.45, 7) is 0.